The molecule has 2 aliphatic heterocycles. The van der Waals surface area contributed by atoms with Gasteiger partial charge in [0.1, 0.15) is 0 Å². The van der Waals surface area contributed by atoms with E-state index in [2.05, 4.69) is 22.0 Å². The standard InChI is InChI=1S/C14H25N3O/c1-2-16-6-8-17(9-7-16)14(18)13-12-5-3-4-11(12)10-15-13/h11-13,15H,2-10H2,1H3. The third kappa shape index (κ3) is 2.16. The average molecular weight is 251 g/mol. The molecule has 0 aromatic carbocycles. The number of piperazine rings is 1. The van der Waals surface area contributed by atoms with Crippen LogP contribution in [0.15, 0.2) is 0 Å². The van der Waals surface area contributed by atoms with Crippen LogP contribution in [0, 0.1) is 11.8 Å². The van der Waals surface area contributed by atoms with Gasteiger partial charge in [0.2, 0.25) is 5.91 Å². The van der Waals surface area contributed by atoms with Crippen molar-refractivity contribution in [2.75, 3.05) is 39.3 Å². The Morgan fingerprint density at radius 2 is 2.00 bits per heavy atom. The molecule has 0 aromatic rings. The van der Waals surface area contributed by atoms with E-state index in [1.165, 1.54) is 19.3 Å². The van der Waals surface area contributed by atoms with Crippen LogP contribution < -0.4 is 5.32 Å². The summed E-state index contributed by atoms with van der Waals surface area (Å²) in [4.78, 5) is 17.1. The van der Waals surface area contributed by atoms with Crippen molar-refractivity contribution in [3.05, 3.63) is 0 Å². The van der Waals surface area contributed by atoms with Gasteiger partial charge in [-0.1, -0.05) is 13.3 Å². The zero-order chi connectivity index (χ0) is 12.5. The topological polar surface area (TPSA) is 35.6 Å². The molecule has 1 amide bonds. The van der Waals surface area contributed by atoms with Gasteiger partial charge < -0.3 is 15.1 Å². The SMILES string of the molecule is CCN1CCN(C(=O)C2NCC3CCCC32)CC1. The predicted molar refractivity (Wildman–Crippen MR) is 71.3 cm³/mol. The molecule has 3 aliphatic rings. The minimum absolute atomic E-state index is 0.130. The fourth-order valence-corrected chi connectivity index (χ4v) is 3.94. The van der Waals surface area contributed by atoms with Crippen LogP contribution in [-0.2, 0) is 4.79 Å². The third-order valence-electron chi connectivity index (χ3n) is 5.14. The molecule has 1 saturated carbocycles. The van der Waals surface area contributed by atoms with Crippen molar-refractivity contribution >= 4 is 5.91 Å². The van der Waals surface area contributed by atoms with Crippen LogP contribution in [0.2, 0.25) is 0 Å². The fraction of sp³-hybridized carbons (Fsp3) is 0.929. The molecule has 4 nitrogen and oxygen atoms in total. The summed E-state index contributed by atoms with van der Waals surface area (Å²) < 4.78 is 0. The Labute approximate surface area is 110 Å². The second kappa shape index (κ2) is 5.17. The molecule has 1 N–H and O–H groups in total. The van der Waals surface area contributed by atoms with E-state index in [0.717, 1.165) is 45.2 Å². The Morgan fingerprint density at radius 3 is 2.72 bits per heavy atom. The Morgan fingerprint density at radius 1 is 1.22 bits per heavy atom. The summed E-state index contributed by atoms with van der Waals surface area (Å²) in [6, 6.07) is 0.130. The van der Waals surface area contributed by atoms with Gasteiger partial charge in [0.05, 0.1) is 6.04 Å². The Hall–Kier alpha value is -0.610. The van der Waals surface area contributed by atoms with Crippen LogP contribution in [0.1, 0.15) is 26.2 Å². The van der Waals surface area contributed by atoms with Crippen LogP contribution in [0.4, 0.5) is 0 Å². The number of carbonyl (C=O) groups is 1. The fourth-order valence-electron chi connectivity index (χ4n) is 3.94. The summed E-state index contributed by atoms with van der Waals surface area (Å²) in [5.41, 5.74) is 0. The third-order valence-corrected chi connectivity index (χ3v) is 5.14. The van der Waals surface area contributed by atoms with Crippen LogP contribution in [0.3, 0.4) is 0 Å². The lowest BCUT2D eigenvalue weighted by Gasteiger charge is -2.36. The van der Waals surface area contributed by atoms with Gasteiger partial charge in [-0.2, -0.15) is 0 Å². The van der Waals surface area contributed by atoms with Gasteiger partial charge in [0.25, 0.3) is 0 Å². The highest BCUT2D eigenvalue weighted by atomic mass is 16.2. The lowest BCUT2D eigenvalue weighted by Crippen LogP contribution is -2.54. The number of hydrogen-bond donors (Lipinski definition) is 1. The van der Waals surface area contributed by atoms with Gasteiger partial charge in [0.15, 0.2) is 0 Å². The predicted octanol–water partition coefficient (Wildman–Crippen LogP) is 0.539. The summed E-state index contributed by atoms with van der Waals surface area (Å²) in [6.45, 7) is 8.29. The molecule has 1 aliphatic carbocycles. The first kappa shape index (κ1) is 12.4. The zero-order valence-electron chi connectivity index (χ0n) is 11.4. The van der Waals surface area contributed by atoms with Crippen molar-refractivity contribution < 1.29 is 4.79 Å². The van der Waals surface area contributed by atoms with Crippen molar-refractivity contribution in [1.82, 2.24) is 15.1 Å². The molecule has 2 saturated heterocycles. The molecular formula is C14H25N3O. The normalized spacial score (nSPS) is 36.9. The zero-order valence-corrected chi connectivity index (χ0v) is 11.4. The molecule has 3 fully saturated rings. The second-order valence-electron chi connectivity index (χ2n) is 6.00. The van der Waals surface area contributed by atoms with E-state index >= 15 is 0 Å². The largest absolute Gasteiger partial charge is 0.339 e. The maximum Gasteiger partial charge on any atom is 0.240 e. The quantitative estimate of drug-likeness (QED) is 0.778. The molecular weight excluding hydrogens is 226 g/mol. The molecule has 3 unspecified atom stereocenters. The molecule has 4 heteroatoms. The van der Waals surface area contributed by atoms with Gasteiger partial charge >= 0.3 is 0 Å². The lowest BCUT2D eigenvalue weighted by atomic mass is 9.93. The van der Waals surface area contributed by atoms with Crippen LogP contribution in [0.25, 0.3) is 0 Å². The number of hydrogen-bond acceptors (Lipinski definition) is 3. The van der Waals surface area contributed by atoms with Crippen LogP contribution >= 0.6 is 0 Å². The summed E-state index contributed by atoms with van der Waals surface area (Å²) in [5, 5.41) is 3.48. The van der Waals surface area contributed by atoms with Crippen molar-refractivity contribution in [2.45, 2.75) is 32.2 Å². The summed E-state index contributed by atoms with van der Waals surface area (Å²) in [5.74, 6) is 1.78. The maximum atomic E-state index is 12.6. The number of nitrogens with one attached hydrogen (secondary N) is 1. The number of rotatable bonds is 2. The van der Waals surface area contributed by atoms with E-state index < -0.39 is 0 Å². The van der Waals surface area contributed by atoms with Crippen LogP contribution in [0.5, 0.6) is 0 Å². The minimum Gasteiger partial charge on any atom is -0.339 e. The Bertz CT molecular complexity index is 312. The molecule has 0 spiro atoms. The molecule has 0 aromatic heterocycles. The first-order chi connectivity index (χ1) is 8.79. The van der Waals surface area contributed by atoms with Gasteiger partial charge in [-0.25, -0.2) is 0 Å². The van der Waals surface area contributed by atoms with Gasteiger partial charge in [0, 0.05) is 26.2 Å². The highest BCUT2D eigenvalue weighted by Gasteiger charge is 2.43. The Balaban J connectivity index is 1.58. The second-order valence-corrected chi connectivity index (χ2v) is 6.00. The molecule has 3 atom stereocenters. The maximum absolute atomic E-state index is 12.6. The van der Waals surface area contributed by atoms with E-state index in [-0.39, 0.29) is 6.04 Å². The van der Waals surface area contributed by atoms with Crippen LogP contribution in [-0.4, -0.2) is 61.0 Å². The van der Waals surface area contributed by atoms with Crippen molar-refractivity contribution in [3.8, 4) is 0 Å². The average Bonchev–Trinajstić information content (AvgIpc) is 3.00. The minimum atomic E-state index is 0.130. The number of nitrogens with zero attached hydrogens (tertiary/aromatic N) is 2. The molecule has 0 bridgehead atoms. The first-order valence-corrected chi connectivity index (χ1v) is 7.54. The Kier molecular flexibility index (Phi) is 3.57. The summed E-state index contributed by atoms with van der Waals surface area (Å²) >= 11 is 0. The van der Waals surface area contributed by atoms with E-state index in [1.807, 2.05) is 0 Å². The lowest BCUT2D eigenvalue weighted by molar-refractivity contribution is -0.135. The summed E-state index contributed by atoms with van der Waals surface area (Å²) in [6.07, 6.45) is 3.90. The van der Waals surface area contributed by atoms with E-state index in [4.69, 9.17) is 0 Å². The highest BCUT2D eigenvalue weighted by molar-refractivity contribution is 5.82. The molecule has 102 valence electrons. The highest BCUT2D eigenvalue weighted by Crippen LogP contribution is 2.38. The number of likely N-dealkylation sites (N-methyl/N-ethyl adjacent to an activating group) is 1. The van der Waals surface area contributed by atoms with Gasteiger partial charge in [-0.05, 0) is 37.8 Å². The van der Waals surface area contributed by atoms with Crippen molar-refractivity contribution in [1.29, 1.82) is 0 Å². The van der Waals surface area contributed by atoms with E-state index in [9.17, 15) is 4.79 Å². The number of amides is 1. The van der Waals surface area contributed by atoms with Gasteiger partial charge in [-0.3, -0.25) is 4.79 Å². The molecule has 2 heterocycles. The smallest absolute Gasteiger partial charge is 0.240 e. The molecule has 18 heavy (non-hydrogen) atoms. The van der Waals surface area contributed by atoms with Crippen molar-refractivity contribution in [2.24, 2.45) is 11.8 Å². The monoisotopic (exact) mass is 251 g/mol. The van der Waals surface area contributed by atoms with Crippen molar-refractivity contribution in [3.63, 3.8) is 0 Å². The van der Waals surface area contributed by atoms with Gasteiger partial charge in [-0.15, -0.1) is 0 Å². The summed E-state index contributed by atoms with van der Waals surface area (Å²) in [7, 11) is 0. The van der Waals surface area contributed by atoms with E-state index in [1.54, 1.807) is 0 Å². The first-order valence-electron chi connectivity index (χ1n) is 7.54. The number of carbonyl (C=O) groups excluding carboxylic acids is 1. The molecule has 3 rings (SSSR count). The van der Waals surface area contributed by atoms with E-state index in [0.29, 0.717) is 11.8 Å². The molecule has 0 radical (unpaired) electrons. The number of fused-ring (bicyclic) bond motifs is 1.